The lowest BCUT2D eigenvalue weighted by Crippen LogP contribution is -2.28. The average molecular weight is 307 g/mol. The first-order valence-electron chi connectivity index (χ1n) is 8.45. The fourth-order valence-corrected chi connectivity index (χ4v) is 3.44. The highest BCUT2D eigenvalue weighted by atomic mass is 16.5. The van der Waals surface area contributed by atoms with Crippen LogP contribution in [0.15, 0.2) is 48.5 Å². The van der Waals surface area contributed by atoms with Crippen molar-refractivity contribution in [3.05, 3.63) is 65.2 Å². The van der Waals surface area contributed by atoms with Crippen molar-refractivity contribution in [2.45, 2.75) is 26.7 Å². The highest BCUT2D eigenvalue weighted by Crippen LogP contribution is 2.32. The van der Waals surface area contributed by atoms with Gasteiger partial charge >= 0.3 is 0 Å². The molecule has 1 heterocycles. The molecule has 0 aliphatic carbocycles. The molecule has 0 saturated carbocycles. The topological polar surface area (TPSA) is 12.5 Å². The maximum absolute atomic E-state index is 5.26. The molecule has 0 aromatic heterocycles. The lowest BCUT2D eigenvalue weighted by atomic mass is 9.92. The molecule has 2 nitrogen and oxygen atoms in total. The Bertz CT molecular complexity index is 700. The molecule has 2 heteroatoms. The van der Waals surface area contributed by atoms with Crippen molar-refractivity contribution in [1.82, 2.24) is 0 Å². The van der Waals surface area contributed by atoms with Crippen LogP contribution in [0, 0.1) is 0 Å². The Labute approximate surface area is 139 Å². The standard InChI is InChI=1S/C21H25NO/c1-4-20(16-8-11-19(23-3)12-9-16)17-10-13-21-18(15-17)7-6-14-22(21)5-2/h4,8-13,15H,5-7,14H2,1-3H3/b20-4+. The summed E-state index contributed by atoms with van der Waals surface area (Å²) in [6.07, 6.45) is 4.63. The van der Waals surface area contributed by atoms with Gasteiger partial charge in [-0.15, -0.1) is 0 Å². The minimum atomic E-state index is 0.897. The Morgan fingerprint density at radius 2 is 1.87 bits per heavy atom. The number of aryl methyl sites for hydroxylation is 1. The summed E-state index contributed by atoms with van der Waals surface area (Å²) in [6.45, 7) is 6.61. The fourth-order valence-electron chi connectivity index (χ4n) is 3.44. The van der Waals surface area contributed by atoms with Crippen LogP contribution < -0.4 is 9.64 Å². The zero-order chi connectivity index (χ0) is 16.2. The molecule has 1 aliphatic rings. The monoisotopic (exact) mass is 307 g/mol. The van der Waals surface area contributed by atoms with Crippen LogP contribution in [0.2, 0.25) is 0 Å². The Balaban J connectivity index is 1.96. The number of hydrogen-bond acceptors (Lipinski definition) is 2. The fraction of sp³-hybridized carbons (Fsp3) is 0.333. The summed E-state index contributed by atoms with van der Waals surface area (Å²) in [5, 5.41) is 0. The highest BCUT2D eigenvalue weighted by molar-refractivity contribution is 5.81. The smallest absolute Gasteiger partial charge is 0.118 e. The van der Waals surface area contributed by atoms with Gasteiger partial charge in [-0.2, -0.15) is 0 Å². The number of rotatable bonds is 4. The largest absolute Gasteiger partial charge is 0.497 e. The van der Waals surface area contributed by atoms with E-state index in [0.717, 1.165) is 12.3 Å². The van der Waals surface area contributed by atoms with Crippen LogP contribution in [-0.2, 0) is 6.42 Å². The maximum atomic E-state index is 5.26. The maximum Gasteiger partial charge on any atom is 0.118 e. The van der Waals surface area contributed by atoms with E-state index in [9.17, 15) is 0 Å². The molecule has 0 N–H and O–H groups in total. The van der Waals surface area contributed by atoms with E-state index in [2.05, 4.69) is 55.2 Å². The van der Waals surface area contributed by atoms with E-state index >= 15 is 0 Å². The van der Waals surface area contributed by atoms with Gasteiger partial charge in [-0.1, -0.05) is 24.3 Å². The lowest BCUT2D eigenvalue weighted by molar-refractivity contribution is 0.415. The van der Waals surface area contributed by atoms with Gasteiger partial charge < -0.3 is 9.64 Å². The van der Waals surface area contributed by atoms with E-state index in [1.54, 1.807) is 7.11 Å². The van der Waals surface area contributed by atoms with Crippen LogP contribution in [0.3, 0.4) is 0 Å². The summed E-state index contributed by atoms with van der Waals surface area (Å²) in [5.41, 5.74) is 6.70. The minimum absolute atomic E-state index is 0.897. The predicted molar refractivity (Wildman–Crippen MR) is 98.4 cm³/mol. The molecule has 120 valence electrons. The Morgan fingerprint density at radius 1 is 1.13 bits per heavy atom. The van der Waals surface area contributed by atoms with Crippen LogP contribution >= 0.6 is 0 Å². The molecule has 0 unspecified atom stereocenters. The van der Waals surface area contributed by atoms with Crippen molar-refractivity contribution in [2.24, 2.45) is 0 Å². The van der Waals surface area contributed by atoms with Gasteiger partial charge in [0.25, 0.3) is 0 Å². The Hall–Kier alpha value is -2.22. The summed E-state index contributed by atoms with van der Waals surface area (Å²) in [4.78, 5) is 2.48. The molecule has 0 atom stereocenters. The Kier molecular flexibility index (Phi) is 4.71. The van der Waals surface area contributed by atoms with Gasteiger partial charge in [0.05, 0.1) is 7.11 Å². The third kappa shape index (κ3) is 3.12. The molecule has 3 rings (SSSR count). The zero-order valence-corrected chi connectivity index (χ0v) is 14.3. The first-order chi connectivity index (χ1) is 11.3. The van der Waals surface area contributed by atoms with Crippen LogP contribution in [0.25, 0.3) is 5.57 Å². The van der Waals surface area contributed by atoms with Crippen molar-refractivity contribution in [2.75, 3.05) is 25.1 Å². The van der Waals surface area contributed by atoms with Gasteiger partial charge in [-0.05, 0) is 73.2 Å². The lowest BCUT2D eigenvalue weighted by Gasteiger charge is -2.30. The SMILES string of the molecule is C/C=C(\c1ccc(OC)cc1)c1ccc2c(c1)CCCN2CC. The minimum Gasteiger partial charge on any atom is -0.497 e. The van der Waals surface area contributed by atoms with Gasteiger partial charge in [-0.25, -0.2) is 0 Å². The third-order valence-corrected chi connectivity index (χ3v) is 4.68. The van der Waals surface area contributed by atoms with Gasteiger partial charge in [-0.3, -0.25) is 0 Å². The van der Waals surface area contributed by atoms with Crippen LogP contribution in [0.1, 0.15) is 37.0 Å². The van der Waals surface area contributed by atoms with Crippen molar-refractivity contribution in [3.8, 4) is 5.75 Å². The number of methoxy groups -OCH3 is 1. The van der Waals surface area contributed by atoms with Gasteiger partial charge in [0.1, 0.15) is 5.75 Å². The summed E-state index contributed by atoms with van der Waals surface area (Å²) in [6, 6.07) is 15.2. The number of nitrogens with zero attached hydrogens (tertiary/aromatic N) is 1. The van der Waals surface area contributed by atoms with Crippen LogP contribution in [0.5, 0.6) is 5.75 Å². The normalized spacial score (nSPS) is 14.6. The molecule has 2 aromatic carbocycles. The van der Waals surface area contributed by atoms with E-state index in [-0.39, 0.29) is 0 Å². The zero-order valence-electron chi connectivity index (χ0n) is 14.3. The number of fused-ring (bicyclic) bond motifs is 1. The van der Waals surface area contributed by atoms with Gasteiger partial charge in [0, 0.05) is 18.8 Å². The summed E-state index contributed by atoms with van der Waals surface area (Å²) >= 11 is 0. The van der Waals surface area contributed by atoms with E-state index in [1.165, 1.54) is 47.3 Å². The molecular formula is C21H25NO. The number of hydrogen-bond donors (Lipinski definition) is 0. The molecule has 0 fully saturated rings. The Morgan fingerprint density at radius 3 is 2.52 bits per heavy atom. The molecule has 0 bridgehead atoms. The van der Waals surface area contributed by atoms with Crippen LogP contribution in [0.4, 0.5) is 5.69 Å². The van der Waals surface area contributed by atoms with E-state index in [1.807, 2.05) is 12.1 Å². The highest BCUT2D eigenvalue weighted by Gasteiger charge is 2.16. The second-order valence-electron chi connectivity index (χ2n) is 5.96. The average Bonchev–Trinajstić information content (AvgIpc) is 2.62. The summed E-state index contributed by atoms with van der Waals surface area (Å²) < 4.78 is 5.26. The summed E-state index contributed by atoms with van der Waals surface area (Å²) in [7, 11) is 1.70. The van der Waals surface area contributed by atoms with Crippen molar-refractivity contribution in [1.29, 1.82) is 0 Å². The van der Waals surface area contributed by atoms with Gasteiger partial charge in [0.15, 0.2) is 0 Å². The molecule has 0 amide bonds. The van der Waals surface area contributed by atoms with Gasteiger partial charge in [0.2, 0.25) is 0 Å². The number of ether oxygens (including phenoxy) is 1. The molecule has 2 aromatic rings. The second kappa shape index (κ2) is 6.91. The number of allylic oxidation sites excluding steroid dienone is 1. The molecular weight excluding hydrogens is 282 g/mol. The second-order valence-corrected chi connectivity index (χ2v) is 5.96. The third-order valence-electron chi connectivity index (χ3n) is 4.68. The molecule has 0 spiro atoms. The van der Waals surface area contributed by atoms with E-state index in [0.29, 0.717) is 0 Å². The van der Waals surface area contributed by atoms with E-state index < -0.39 is 0 Å². The quantitative estimate of drug-likeness (QED) is 0.795. The number of benzene rings is 2. The van der Waals surface area contributed by atoms with Crippen LogP contribution in [-0.4, -0.2) is 20.2 Å². The first-order valence-corrected chi connectivity index (χ1v) is 8.45. The number of anilines is 1. The molecule has 23 heavy (non-hydrogen) atoms. The van der Waals surface area contributed by atoms with E-state index in [4.69, 9.17) is 4.74 Å². The van der Waals surface area contributed by atoms with Crippen molar-refractivity contribution < 1.29 is 4.74 Å². The summed E-state index contributed by atoms with van der Waals surface area (Å²) in [5.74, 6) is 0.897. The first kappa shape index (κ1) is 15.7. The molecule has 0 radical (unpaired) electrons. The van der Waals surface area contributed by atoms with Crippen molar-refractivity contribution >= 4 is 11.3 Å². The van der Waals surface area contributed by atoms with Crippen molar-refractivity contribution in [3.63, 3.8) is 0 Å². The molecule has 0 saturated heterocycles. The molecule has 1 aliphatic heterocycles. The predicted octanol–water partition coefficient (Wildman–Crippen LogP) is 4.92.